The van der Waals surface area contributed by atoms with Crippen molar-refractivity contribution in [2.45, 2.75) is 49.3 Å². The Balaban J connectivity index is 1.77. The highest BCUT2D eigenvalue weighted by Gasteiger charge is 2.65. The van der Waals surface area contributed by atoms with Gasteiger partial charge in [-0.25, -0.2) is 0 Å². The molecule has 0 N–H and O–H groups in total. The van der Waals surface area contributed by atoms with E-state index in [0.717, 1.165) is 30.9 Å². The van der Waals surface area contributed by atoms with Crippen LogP contribution < -0.4 is 9.47 Å². The largest absolute Gasteiger partial charge is 0.493 e. The molecule has 0 amide bonds. The van der Waals surface area contributed by atoms with E-state index < -0.39 is 0 Å². The summed E-state index contributed by atoms with van der Waals surface area (Å²) in [5.41, 5.74) is 3.05. The average molecular weight is 315 g/mol. The highest BCUT2D eigenvalue weighted by molar-refractivity contribution is 5.61. The van der Waals surface area contributed by atoms with Gasteiger partial charge in [-0.05, 0) is 56.8 Å². The van der Waals surface area contributed by atoms with Crippen LogP contribution in [0.1, 0.15) is 30.4 Å². The minimum atomic E-state index is 0.132. The summed E-state index contributed by atoms with van der Waals surface area (Å²) in [6, 6.07) is 4.99. The summed E-state index contributed by atoms with van der Waals surface area (Å²) in [5, 5.41) is 0. The number of methoxy groups -OCH3 is 2. The molecule has 5 rings (SSSR count). The normalized spacial score (nSPS) is 40.5. The van der Waals surface area contributed by atoms with E-state index in [2.05, 4.69) is 24.1 Å². The fourth-order valence-corrected chi connectivity index (χ4v) is 6.08. The van der Waals surface area contributed by atoms with Gasteiger partial charge in [0.05, 0.1) is 13.2 Å². The maximum Gasteiger partial charge on any atom is 0.165 e. The molecule has 4 heteroatoms. The van der Waals surface area contributed by atoms with Crippen LogP contribution in [0.15, 0.2) is 12.1 Å². The number of hydrogen-bond donors (Lipinski definition) is 0. The van der Waals surface area contributed by atoms with Crippen LogP contribution in [0.4, 0.5) is 0 Å². The van der Waals surface area contributed by atoms with Gasteiger partial charge in [0.2, 0.25) is 0 Å². The first-order chi connectivity index (χ1) is 11.2. The maximum absolute atomic E-state index is 6.57. The lowest BCUT2D eigenvalue weighted by molar-refractivity contribution is -0.111. The summed E-state index contributed by atoms with van der Waals surface area (Å²) >= 11 is 0. The van der Waals surface area contributed by atoms with Crippen molar-refractivity contribution in [1.29, 1.82) is 0 Å². The van der Waals surface area contributed by atoms with Crippen molar-refractivity contribution >= 4 is 0 Å². The third-order valence-corrected chi connectivity index (χ3v) is 7.05. The molecule has 1 aromatic carbocycles. The third-order valence-electron chi connectivity index (χ3n) is 7.05. The second kappa shape index (κ2) is 4.64. The highest BCUT2D eigenvalue weighted by atomic mass is 16.6. The summed E-state index contributed by atoms with van der Waals surface area (Å²) in [6.45, 7) is 1.15. The molecule has 23 heavy (non-hydrogen) atoms. The Kier molecular flexibility index (Phi) is 2.85. The highest BCUT2D eigenvalue weighted by Crippen LogP contribution is 2.63. The smallest absolute Gasteiger partial charge is 0.165 e. The number of ether oxygens (including phenoxy) is 3. The molecule has 2 fully saturated rings. The van der Waals surface area contributed by atoms with E-state index in [1.165, 1.54) is 24.0 Å². The SMILES string of the molecule is COc1ccc2c3c1O[C@H]1[C@H](OC)CC[C@H]4[C@@H](C2)N(C)CC[C@@]341. The van der Waals surface area contributed by atoms with Crippen LogP contribution in [0.25, 0.3) is 0 Å². The molecule has 2 bridgehead atoms. The second-order valence-corrected chi connectivity index (χ2v) is 7.67. The standard InChI is InChI=1S/C19H25NO3/c1-20-9-8-19-12-5-7-15(22-3)18(19)23-17-14(21-2)6-4-11(16(17)19)10-13(12)20/h4,6,12-13,15,18H,5,7-10H2,1-3H3/t12-,13+,15+,18-,19-/m0/s1. The van der Waals surface area contributed by atoms with Gasteiger partial charge < -0.3 is 19.1 Å². The van der Waals surface area contributed by atoms with Crippen LogP contribution in [0.5, 0.6) is 11.5 Å². The summed E-state index contributed by atoms with van der Waals surface area (Å²) in [6.07, 6.45) is 4.99. The fraction of sp³-hybridized carbons (Fsp3) is 0.684. The molecule has 0 aromatic heterocycles. The zero-order valence-corrected chi connectivity index (χ0v) is 14.2. The lowest BCUT2D eigenvalue weighted by Crippen LogP contribution is -2.66. The van der Waals surface area contributed by atoms with Crippen molar-refractivity contribution < 1.29 is 14.2 Å². The Morgan fingerprint density at radius 3 is 2.91 bits per heavy atom. The predicted molar refractivity (Wildman–Crippen MR) is 87.3 cm³/mol. The first kappa shape index (κ1) is 14.1. The molecule has 5 atom stereocenters. The van der Waals surface area contributed by atoms with Crippen LogP contribution in [0, 0.1) is 5.92 Å². The number of likely N-dealkylation sites (N-methyl/N-ethyl adjacent to an activating group) is 1. The van der Waals surface area contributed by atoms with Gasteiger partial charge in [-0.15, -0.1) is 0 Å². The Bertz CT molecular complexity index is 660. The number of benzene rings is 1. The summed E-state index contributed by atoms with van der Waals surface area (Å²) in [5.74, 6) is 2.57. The predicted octanol–water partition coefficient (Wildman–Crippen LogP) is 2.38. The molecule has 2 aliphatic heterocycles. The van der Waals surface area contributed by atoms with Gasteiger partial charge in [0.15, 0.2) is 11.5 Å². The van der Waals surface area contributed by atoms with E-state index in [9.17, 15) is 0 Å². The fourth-order valence-electron chi connectivity index (χ4n) is 6.08. The summed E-state index contributed by atoms with van der Waals surface area (Å²) < 4.78 is 18.1. The van der Waals surface area contributed by atoms with Crippen LogP contribution in [0.3, 0.4) is 0 Å². The van der Waals surface area contributed by atoms with E-state index >= 15 is 0 Å². The molecule has 1 aromatic rings. The molecular formula is C19H25NO3. The quantitative estimate of drug-likeness (QED) is 0.838. The number of likely N-dealkylation sites (tertiary alicyclic amines) is 1. The Morgan fingerprint density at radius 1 is 1.26 bits per heavy atom. The van der Waals surface area contributed by atoms with Crippen LogP contribution in [-0.2, 0) is 16.6 Å². The molecule has 1 spiro atoms. The second-order valence-electron chi connectivity index (χ2n) is 7.67. The summed E-state index contributed by atoms with van der Waals surface area (Å²) in [7, 11) is 5.87. The van der Waals surface area contributed by atoms with E-state index in [-0.39, 0.29) is 17.6 Å². The van der Waals surface area contributed by atoms with Crippen molar-refractivity contribution in [2.75, 3.05) is 27.8 Å². The Hall–Kier alpha value is -1.26. The van der Waals surface area contributed by atoms with E-state index in [0.29, 0.717) is 12.0 Å². The van der Waals surface area contributed by atoms with Crippen molar-refractivity contribution in [2.24, 2.45) is 5.92 Å². The lowest BCUT2D eigenvalue weighted by Gasteiger charge is -2.58. The van der Waals surface area contributed by atoms with Gasteiger partial charge in [-0.2, -0.15) is 0 Å². The molecule has 4 nitrogen and oxygen atoms in total. The van der Waals surface area contributed by atoms with E-state index in [4.69, 9.17) is 14.2 Å². The van der Waals surface area contributed by atoms with Crippen molar-refractivity contribution in [3.05, 3.63) is 23.3 Å². The molecule has 2 heterocycles. The maximum atomic E-state index is 6.57. The van der Waals surface area contributed by atoms with Crippen LogP contribution >= 0.6 is 0 Å². The first-order valence-electron chi connectivity index (χ1n) is 8.80. The van der Waals surface area contributed by atoms with Gasteiger partial charge in [-0.3, -0.25) is 0 Å². The van der Waals surface area contributed by atoms with Gasteiger partial charge in [0.1, 0.15) is 6.10 Å². The summed E-state index contributed by atoms with van der Waals surface area (Å²) in [4.78, 5) is 2.57. The lowest BCUT2D eigenvalue weighted by atomic mass is 9.51. The van der Waals surface area contributed by atoms with Crippen LogP contribution in [-0.4, -0.2) is 51.0 Å². The van der Waals surface area contributed by atoms with Crippen molar-refractivity contribution in [3.63, 3.8) is 0 Å². The monoisotopic (exact) mass is 315 g/mol. The topological polar surface area (TPSA) is 30.9 Å². The van der Waals surface area contributed by atoms with Gasteiger partial charge >= 0.3 is 0 Å². The Labute approximate surface area is 137 Å². The molecule has 2 aliphatic carbocycles. The number of rotatable bonds is 2. The van der Waals surface area contributed by atoms with Crippen LogP contribution in [0.2, 0.25) is 0 Å². The Morgan fingerprint density at radius 2 is 2.13 bits per heavy atom. The number of nitrogens with zero attached hydrogens (tertiary/aromatic N) is 1. The zero-order chi connectivity index (χ0) is 15.8. The van der Waals surface area contributed by atoms with Gasteiger partial charge in [-0.1, -0.05) is 6.07 Å². The molecule has 1 saturated carbocycles. The minimum absolute atomic E-state index is 0.132. The molecule has 1 saturated heterocycles. The molecule has 4 aliphatic rings. The molecular weight excluding hydrogens is 290 g/mol. The van der Waals surface area contributed by atoms with Crippen molar-refractivity contribution in [1.82, 2.24) is 4.90 Å². The van der Waals surface area contributed by atoms with Crippen molar-refractivity contribution in [3.8, 4) is 11.5 Å². The molecule has 0 radical (unpaired) electrons. The van der Waals surface area contributed by atoms with E-state index in [1.54, 1.807) is 7.11 Å². The number of hydrogen-bond acceptors (Lipinski definition) is 4. The molecule has 0 unspecified atom stereocenters. The van der Waals surface area contributed by atoms with Gasteiger partial charge in [0, 0.05) is 24.1 Å². The average Bonchev–Trinajstić information content (AvgIpc) is 2.92. The third kappa shape index (κ3) is 1.54. The van der Waals surface area contributed by atoms with Gasteiger partial charge in [0.25, 0.3) is 0 Å². The first-order valence-corrected chi connectivity index (χ1v) is 8.80. The molecule has 124 valence electrons. The minimum Gasteiger partial charge on any atom is -0.493 e. The zero-order valence-electron chi connectivity index (χ0n) is 14.2. The van der Waals surface area contributed by atoms with E-state index in [1.807, 2.05) is 7.11 Å². The number of piperidine rings is 1.